The van der Waals surface area contributed by atoms with Crippen molar-refractivity contribution < 1.29 is 19.8 Å². The first-order valence-corrected chi connectivity index (χ1v) is 7.40. The monoisotopic (exact) mass is 308 g/mol. The van der Waals surface area contributed by atoms with Crippen LogP contribution in [0.2, 0.25) is 0 Å². The van der Waals surface area contributed by atoms with E-state index in [0.717, 1.165) is 11.1 Å². The van der Waals surface area contributed by atoms with E-state index < -0.39 is 11.9 Å². The molecule has 3 rings (SSSR count). The molecule has 0 saturated heterocycles. The molecule has 0 aliphatic heterocycles. The number of aromatic carboxylic acids is 2. The summed E-state index contributed by atoms with van der Waals surface area (Å²) in [5.74, 6) is -1.92. The molecular weight excluding hydrogens is 292 g/mol. The summed E-state index contributed by atoms with van der Waals surface area (Å²) in [7, 11) is 0. The fourth-order valence-corrected chi connectivity index (χ4v) is 3.19. The van der Waals surface area contributed by atoms with Crippen molar-refractivity contribution in [1.29, 1.82) is 0 Å². The summed E-state index contributed by atoms with van der Waals surface area (Å²) in [5.41, 5.74) is 2.14. The van der Waals surface area contributed by atoms with Gasteiger partial charge >= 0.3 is 11.9 Å². The molecule has 2 atom stereocenters. The molecule has 23 heavy (non-hydrogen) atoms. The topological polar surface area (TPSA) is 74.6 Å². The molecule has 0 amide bonds. The third-order valence-electron chi connectivity index (χ3n) is 4.26. The van der Waals surface area contributed by atoms with Gasteiger partial charge in [-0.05, 0) is 29.7 Å². The van der Waals surface area contributed by atoms with Crippen molar-refractivity contribution in [2.75, 3.05) is 0 Å². The van der Waals surface area contributed by atoms with Crippen molar-refractivity contribution in [2.24, 2.45) is 0 Å². The number of allylic oxidation sites excluding steroid dienone is 2. The molecule has 0 aromatic heterocycles. The van der Waals surface area contributed by atoms with Crippen LogP contribution in [0.25, 0.3) is 0 Å². The summed E-state index contributed by atoms with van der Waals surface area (Å²) in [5, 5.41) is 18.6. The van der Waals surface area contributed by atoms with E-state index in [1.165, 1.54) is 0 Å². The average molecular weight is 308 g/mol. The van der Waals surface area contributed by atoms with E-state index in [-0.39, 0.29) is 11.8 Å². The SMILES string of the molecule is O=C(O)c1ccccc1C1C=CC(c2ccccc2C(=O)O)C1. The molecule has 2 aromatic rings. The molecule has 4 heteroatoms. The van der Waals surface area contributed by atoms with E-state index in [1.807, 2.05) is 36.4 Å². The van der Waals surface area contributed by atoms with Crippen LogP contribution in [0.1, 0.15) is 50.1 Å². The Morgan fingerprint density at radius 2 is 1.13 bits per heavy atom. The van der Waals surface area contributed by atoms with Crippen LogP contribution in [0.15, 0.2) is 60.7 Å². The summed E-state index contributed by atoms with van der Waals surface area (Å²) in [4.78, 5) is 22.7. The third kappa shape index (κ3) is 2.88. The Hall–Kier alpha value is -2.88. The smallest absolute Gasteiger partial charge is 0.335 e. The Bertz CT molecular complexity index is 726. The lowest BCUT2D eigenvalue weighted by molar-refractivity contribution is 0.0685. The fourth-order valence-electron chi connectivity index (χ4n) is 3.19. The summed E-state index contributed by atoms with van der Waals surface area (Å²) in [6.45, 7) is 0. The number of carbonyl (C=O) groups is 2. The van der Waals surface area contributed by atoms with E-state index >= 15 is 0 Å². The van der Waals surface area contributed by atoms with Crippen molar-refractivity contribution in [2.45, 2.75) is 18.3 Å². The number of carboxylic acids is 2. The Labute approximate surface area is 133 Å². The minimum Gasteiger partial charge on any atom is -0.478 e. The molecule has 0 radical (unpaired) electrons. The molecule has 2 aromatic carbocycles. The number of rotatable bonds is 4. The number of hydrogen-bond donors (Lipinski definition) is 2. The van der Waals surface area contributed by atoms with Gasteiger partial charge in [-0.15, -0.1) is 0 Å². The summed E-state index contributed by atoms with van der Waals surface area (Å²) in [6, 6.07) is 13.9. The van der Waals surface area contributed by atoms with Gasteiger partial charge in [-0.2, -0.15) is 0 Å². The van der Waals surface area contributed by atoms with Crippen LogP contribution < -0.4 is 0 Å². The van der Waals surface area contributed by atoms with E-state index in [1.54, 1.807) is 24.3 Å². The fraction of sp³-hybridized carbons (Fsp3) is 0.158. The van der Waals surface area contributed by atoms with Crippen molar-refractivity contribution in [3.8, 4) is 0 Å². The molecule has 0 heterocycles. The molecule has 2 unspecified atom stereocenters. The standard InChI is InChI=1S/C19H16O4/c20-18(21)16-7-3-1-5-14(16)12-9-10-13(11-12)15-6-2-4-8-17(15)19(22)23/h1-10,12-13H,11H2,(H,20,21)(H,22,23). The second kappa shape index (κ2) is 6.08. The quantitative estimate of drug-likeness (QED) is 0.840. The van der Waals surface area contributed by atoms with E-state index in [4.69, 9.17) is 0 Å². The molecule has 4 nitrogen and oxygen atoms in total. The summed E-state index contributed by atoms with van der Waals surface area (Å²) in [6.07, 6.45) is 4.63. The maximum atomic E-state index is 11.4. The molecule has 1 aliphatic carbocycles. The zero-order chi connectivity index (χ0) is 16.4. The van der Waals surface area contributed by atoms with Gasteiger partial charge in [-0.1, -0.05) is 48.6 Å². The van der Waals surface area contributed by atoms with Crippen molar-refractivity contribution in [3.05, 3.63) is 82.9 Å². The van der Waals surface area contributed by atoms with Gasteiger partial charge in [-0.25, -0.2) is 9.59 Å². The lowest BCUT2D eigenvalue weighted by Gasteiger charge is -2.16. The van der Waals surface area contributed by atoms with Gasteiger partial charge in [-0.3, -0.25) is 0 Å². The van der Waals surface area contributed by atoms with Gasteiger partial charge in [0.05, 0.1) is 11.1 Å². The highest BCUT2D eigenvalue weighted by atomic mass is 16.4. The number of hydrogen-bond acceptors (Lipinski definition) is 2. The first-order valence-electron chi connectivity index (χ1n) is 7.40. The summed E-state index contributed by atoms with van der Waals surface area (Å²) < 4.78 is 0. The second-order valence-electron chi connectivity index (χ2n) is 5.62. The summed E-state index contributed by atoms with van der Waals surface area (Å²) >= 11 is 0. The molecule has 0 bridgehead atoms. The van der Waals surface area contributed by atoms with Crippen LogP contribution >= 0.6 is 0 Å². The highest BCUT2D eigenvalue weighted by Gasteiger charge is 2.27. The Morgan fingerprint density at radius 3 is 1.52 bits per heavy atom. The minimum absolute atomic E-state index is 0.0193. The van der Waals surface area contributed by atoms with Gasteiger partial charge in [0.15, 0.2) is 0 Å². The average Bonchev–Trinajstić information content (AvgIpc) is 3.04. The predicted molar refractivity (Wildman–Crippen MR) is 86.0 cm³/mol. The largest absolute Gasteiger partial charge is 0.478 e. The molecule has 116 valence electrons. The number of benzene rings is 2. The van der Waals surface area contributed by atoms with Crippen LogP contribution in [0.4, 0.5) is 0 Å². The molecule has 2 N–H and O–H groups in total. The third-order valence-corrected chi connectivity index (χ3v) is 4.26. The van der Waals surface area contributed by atoms with Crippen molar-refractivity contribution >= 4 is 11.9 Å². The van der Waals surface area contributed by atoms with Crippen LogP contribution in [0, 0.1) is 0 Å². The number of carboxylic acid groups (broad SMARTS) is 2. The zero-order valence-corrected chi connectivity index (χ0v) is 12.3. The first kappa shape index (κ1) is 15.0. The van der Waals surface area contributed by atoms with Crippen LogP contribution in [0.5, 0.6) is 0 Å². The van der Waals surface area contributed by atoms with E-state index in [2.05, 4.69) is 0 Å². The highest BCUT2D eigenvalue weighted by Crippen LogP contribution is 2.40. The predicted octanol–water partition coefficient (Wildman–Crippen LogP) is 3.91. The molecule has 0 fully saturated rings. The van der Waals surface area contributed by atoms with Crippen LogP contribution in [0.3, 0.4) is 0 Å². The Morgan fingerprint density at radius 1 is 0.739 bits per heavy atom. The Balaban J connectivity index is 1.90. The second-order valence-corrected chi connectivity index (χ2v) is 5.62. The lowest BCUT2D eigenvalue weighted by Crippen LogP contribution is -2.08. The molecular formula is C19H16O4. The minimum atomic E-state index is -0.941. The maximum Gasteiger partial charge on any atom is 0.335 e. The maximum absolute atomic E-state index is 11.4. The van der Waals surface area contributed by atoms with E-state index in [9.17, 15) is 19.8 Å². The normalized spacial score (nSPS) is 19.7. The lowest BCUT2D eigenvalue weighted by atomic mass is 9.88. The van der Waals surface area contributed by atoms with Crippen LogP contribution in [-0.4, -0.2) is 22.2 Å². The van der Waals surface area contributed by atoms with Gasteiger partial charge in [0.2, 0.25) is 0 Å². The van der Waals surface area contributed by atoms with Gasteiger partial charge in [0.1, 0.15) is 0 Å². The molecule has 0 spiro atoms. The zero-order valence-electron chi connectivity index (χ0n) is 12.3. The van der Waals surface area contributed by atoms with Crippen LogP contribution in [-0.2, 0) is 0 Å². The Kier molecular flexibility index (Phi) is 3.98. The molecule has 0 saturated carbocycles. The van der Waals surface area contributed by atoms with Crippen molar-refractivity contribution in [1.82, 2.24) is 0 Å². The van der Waals surface area contributed by atoms with Crippen molar-refractivity contribution in [3.63, 3.8) is 0 Å². The van der Waals surface area contributed by atoms with E-state index in [0.29, 0.717) is 17.5 Å². The van der Waals surface area contributed by atoms with Gasteiger partial charge < -0.3 is 10.2 Å². The highest BCUT2D eigenvalue weighted by molar-refractivity contribution is 5.90. The molecule has 1 aliphatic rings. The first-order chi connectivity index (χ1) is 11.1. The van der Waals surface area contributed by atoms with Gasteiger partial charge in [0, 0.05) is 11.8 Å². The van der Waals surface area contributed by atoms with Gasteiger partial charge in [0.25, 0.3) is 0 Å².